The molecule has 1 saturated carbocycles. The summed E-state index contributed by atoms with van der Waals surface area (Å²) in [5, 5.41) is 4.18. The zero-order chi connectivity index (χ0) is 13.4. The lowest BCUT2D eigenvalue weighted by molar-refractivity contribution is -0.125. The van der Waals surface area contributed by atoms with Gasteiger partial charge >= 0.3 is 0 Å². The monoisotopic (exact) mass is 317 g/mol. The summed E-state index contributed by atoms with van der Waals surface area (Å²) < 4.78 is 0. The van der Waals surface area contributed by atoms with Gasteiger partial charge < -0.3 is 5.32 Å². The molecule has 0 unspecified atom stereocenters. The van der Waals surface area contributed by atoms with Gasteiger partial charge in [0.2, 0.25) is 5.91 Å². The standard InChI is InChI=1S/C15H28BrNO/c1-3-15(4-2,11-16)12-17-14(18)13-9-7-5-6-8-10-13/h13H,3-12H2,1-2H3,(H,17,18). The lowest BCUT2D eigenvalue weighted by Gasteiger charge is -2.30. The number of hydrogen-bond donors (Lipinski definition) is 1. The number of rotatable bonds is 6. The van der Waals surface area contributed by atoms with Crippen LogP contribution in [0.4, 0.5) is 0 Å². The third-order valence-corrected chi connectivity index (χ3v) is 5.84. The summed E-state index contributed by atoms with van der Waals surface area (Å²) in [7, 11) is 0. The first-order valence-corrected chi connectivity index (χ1v) is 8.63. The molecule has 0 aromatic heterocycles. The molecule has 0 aromatic carbocycles. The predicted molar refractivity (Wildman–Crippen MR) is 81.0 cm³/mol. The molecule has 0 bridgehead atoms. The van der Waals surface area contributed by atoms with Gasteiger partial charge in [0, 0.05) is 17.8 Å². The number of nitrogens with one attached hydrogen (secondary N) is 1. The van der Waals surface area contributed by atoms with Crippen LogP contribution in [-0.4, -0.2) is 17.8 Å². The van der Waals surface area contributed by atoms with E-state index in [1.807, 2.05) is 0 Å². The molecule has 1 aliphatic rings. The number of amides is 1. The molecule has 0 saturated heterocycles. The van der Waals surface area contributed by atoms with Crippen LogP contribution in [-0.2, 0) is 4.79 Å². The molecular formula is C15H28BrNO. The van der Waals surface area contributed by atoms with Crippen LogP contribution < -0.4 is 5.32 Å². The normalized spacial score (nSPS) is 18.4. The van der Waals surface area contributed by atoms with Gasteiger partial charge in [0.15, 0.2) is 0 Å². The maximum atomic E-state index is 12.2. The second-order valence-electron chi connectivity index (χ2n) is 5.75. The van der Waals surface area contributed by atoms with Gasteiger partial charge in [-0.2, -0.15) is 0 Å². The van der Waals surface area contributed by atoms with Crippen molar-refractivity contribution in [1.29, 1.82) is 0 Å². The van der Waals surface area contributed by atoms with Gasteiger partial charge in [0.05, 0.1) is 0 Å². The number of alkyl halides is 1. The van der Waals surface area contributed by atoms with E-state index < -0.39 is 0 Å². The van der Waals surface area contributed by atoms with Crippen LogP contribution in [0.3, 0.4) is 0 Å². The Kier molecular flexibility index (Phi) is 7.28. The smallest absolute Gasteiger partial charge is 0.223 e. The second kappa shape index (κ2) is 8.19. The first-order chi connectivity index (χ1) is 8.67. The maximum absolute atomic E-state index is 12.2. The van der Waals surface area contributed by atoms with Gasteiger partial charge in [0.25, 0.3) is 0 Å². The first kappa shape index (κ1) is 16.0. The summed E-state index contributed by atoms with van der Waals surface area (Å²) in [5.74, 6) is 0.568. The Morgan fingerprint density at radius 2 is 1.72 bits per heavy atom. The average molecular weight is 318 g/mol. The van der Waals surface area contributed by atoms with Crippen LogP contribution in [0.5, 0.6) is 0 Å². The fourth-order valence-corrected chi connectivity index (χ4v) is 3.69. The van der Waals surface area contributed by atoms with E-state index in [4.69, 9.17) is 0 Å². The van der Waals surface area contributed by atoms with Crippen molar-refractivity contribution in [3.8, 4) is 0 Å². The largest absolute Gasteiger partial charge is 0.355 e. The Morgan fingerprint density at radius 1 is 1.17 bits per heavy atom. The third kappa shape index (κ3) is 4.56. The maximum Gasteiger partial charge on any atom is 0.223 e. The summed E-state index contributed by atoms with van der Waals surface area (Å²) in [6.45, 7) is 5.24. The Morgan fingerprint density at radius 3 is 2.17 bits per heavy atom. The highest BCUT2D eigenvalue weighted by molar-refractivity contribution is 9.09. The van der Waals surface area contributed by atoms with Crippen LogP contribution in [0.2, 0.25) is 0 Å². The Labute approximate surface area is 120 Å². The van der Waals surface area contributed by atoms with Crippen molar-refractivity contribution in [3.05, 3.63) is 0 Å². The van der Waals surface area contributed by atoms with Crippen molar-refractivity contribution in [1.82, 2.24) is 5.32 Å². The topological polar surface area (TPSA) is 29.1 Å². The average Bonchev–Trinajstić information content (AvgIpc) is 2.69. The van der Waals surface area contributed by atoms with Crippen LogP contribution in [0.15, 0.2) is 0 Å². The molecule has 0 atom stereocenters. The minimum Gasteiger partial charge on any atom is -0.355 e. The van der Waals surface area contributed by atoms with E-state index in [2.05, 4.69) is 35.1 Å². The van der Waals surface area contributed by atoms with E-state index in [0.717, 1.165) is 37.6 Å². The van der Waals surface area contributed by atoms with Crippen molar-refractivity contribution in [3.63, 3.8) is 0 Å². The van der Waals surface area contributed by atoms with Gasteiger partial charge in [-0.25, -0.2) is 0 Å². The molecule has 1 N–H and O–H groups in total. The lowest BCUT2D eigenvalue weighted by Crippen LogP contribution is -2.40. The molecule has 1 aliphatic carbocycles. The molecule has 0 radical (unpaired) electrons. The zero-order valence-electron chi connectivity index (χ0n) is 11.9. The number of carbonyl (C=O) groups is 1. The van der Waals surface area contributed by atoms with Gasteiger partial charge in [-0.1, -0.05) is 55.5 Å². The van der Waals surface area contributed by atoms with E-state index in [0.29, 0.717) is 5.91 Å². The summed E-state index contributed by atoms with van der Waals surface area (Å²) >= 11 is 3.60. The fraction of sp³-hybridized carbons (Fsp3) is 0.933. The van der Waals surface area contributed by atoms with E-state index in [1.54, 1.807) is 0 Å². The SMILES string of the molecule is CCC(CC)(CBr)CNC(=O)C1CCCCCC1. The minimum atomic E-state index is 0.236. The Hall–Kier alpha value is -0.0500. The van der Waals surface area contributed by atoms with Crippen LogP contribution in [0, 0.1) is 11.3 Å². The molecule has 3 heteroatoms. The molecule has 0 aromatic rings. The van der Waals surface area contributed by atoms with Gasteiger partial charge in [0.1, 0.15) is 0 Å². The van der Waals surface area contributed by atoms with Crippen molar-refractivity contribution < 1.29 is 4.79 Å². The third-order valence-electron chi connectivity index (χ3n) is 4.65. The molecule has 0 heterocycles. The number of hydrogen-bond acceptors (Lipinski definition) is 1. The second-order valence-corrected chi connectivity index (χ2v) is 6.31. The summed E-state index contributed by atoms with van der Waals surface area (Å²) in [6, 6.07) is 0. The molecule has 1 rings (SSSR count). The van der Waals surface area contributed by atoms with E-state index in [1.165, 1.54) is 25.7 Å². The molecule has 18 heavy (non-hydrogen) atoms. The van der Waals surface area contributed by atoms with Crippen molar-refractivity contribution in [2.45, 2.75) is 65.2 Å². The highest BCUT2D eigenvalue weighted by Crippen LogP contribution is 2.28. The molecular weight excluding hydrogens is 290 g/mol. The summed E-state index contributed by atoms with van der Waals surface area (Å²) in [6.07, 6.45) is 9.46. The molecule has 2 nitrogen and oxygen atoms in total. The minimum absolute atomic E-state index is 0.236. The van der Waals surface area contributed by atoms with Crippen molar-refractivity contribution in [2.75, 3.05) is 11.9 Å². The van der Waals surface area contributed by atoms with Crippen molar-refractivity contribution in [2.24, 2.45) is 11.3 Å². The van der Waals surface area contributed by atoms with E-state index in [9.17, 15) is 4.79 Å². The summed E-state index contributed by atoms with van der Waals surface area (Å²) in [5.41, 5.74) is 0.236. The molecule has 1 amide bonds. The highest BCUT2D eigenvalue weighted by atomic mass is 79.9. The summed E-state index contributed by atoms with van der Waals surface area (Å²) in [4.78, 5) is 12.2. The van der Waals surface area contributed by atoms with E-state index in [-0.39, 0.29) is 11.3 Å². The highest BCUT2D eigenvalue weighted by Gasteiger charge is 2.27. The zero-order valence-corrected chi connectivity index (χ0v) is 13.5. The Bertz CT molecular complexity index is 235. The number of carbonyl (C=O) groups excluding carboxylic acids is 1. The van der Waals surface area contributed by atoms with Crippen LogP contribution in [0.1, 0.15) is 65.2 Å². The van der Waals surface area contributed by atoms with E-state index >= 15 is 0 Å². The molecule has 1 fully saturated rings. The number of halogens is 1. The quantitative estimate of drug-likeness (QED) is 0.575. The Balaban J connectivity index is 2.43. The lowest BCUT2D eigenvalue weighted by atomic mass is 9.84. The first-order valence-electron chi connectivity index (χ1n) is 7.51. The molecule has 0 aliphatic heterocycles. The fourth-order valence-electron chi connectivity index (χ4n) is 2.70. The molecule has 0 spiro atoms. The van der Waals surface area contributed by atoms with Crippen LogP contribution in [0.25, 0.3) is 0 Å². The van der Waals surface area contributed by atoms with Crippen molar-refractivity contribution >= 4 is 21.8 Å². The van der Waals surface area contributed by atoms with Gasteiger partial charge in [-0.05, 0) is 31.1 Å². The van der Waals surface area contributed by atoms with Crippen LogP contribution >= 0.6 is 15.9 Å². The van der Waals surface area contributed by atoms with Gasteiger partial charge in [-0.15, -0.1) is 0 Å². The molecule has 106 valence electrons. The van der Waals surface area contributed by atoms with Gasteiger partial charge in [-0.3, -0.25) is 4.79 Å². The predicted octanol–water partition coefficient (Wildman–Crippen LogP) is 4.27.